The first-order chi connectivity index (χ1) is 9.49. The van der Waals surface area contributed by atoms with Crippen LogP contribution in [0.3, 0.4) is 0 Å². The summed E-state index contributed by atoms with van der Waals surface area (Å²) in [6.45, 7) is 7.97. The molecule has 0 amide bonds. The third kappa shape index (κ3) is 4.11. The molecule has 5 nitrogen and oxygen atoms in total. The summed E-state index contributed by atoms with van der Waals surface area (Å²) in [7, 11) is 0. The molecule has 0 saturated heterocycles. The Bertz CT molecular complexity index is 538. The Morgan fingerprint density at radius 1 is 1.25 bits per heavy atom. The first-order valence-electron chi connectivity index (χ1n) is 7.03. The van der Waals surface area contributed by atoms with Crippen molar-refractivity contribution in [3.63, 3.8) is 0 Å². The molecule has 6 heteroatoms. The summed E-state index contributed by atoms with van der Waals surface area (Å²) >= 11 is 1.71. The predicted molar refractivity (Wildman–Crippen MR) is 81.9 cm³/mol. The molecule has 2 N–H and O–H groups in total. The molecule has 2 heterocycles. The van der Waals surface area contributed by atoms with Crippen LogP contribution in [-0.4, -0.2) is 26.5 Å². The largest absolute Gasteiger partial charge is 0.330 e. The normalized spacial score (nSPS) is 12.0. The van der Waals surface area contributed by atoms with Crippen molar-refractivity contribution in [2.45, 2.75) is 52.0 Å². The van der Waals surface area contributed by atoms with Gasteiger partial charge >= 0.3 is 0 Å². The van der Waals surface area contributed by atoms with E-state index in [0.717, 1.165) is 42.2 Å². The average Bonchev–Trinajstić information content (AvgIpc) is 2.99. The van der Waals surface area contributed by atoms with E-state index in [2.05, 4.69) is 41.4 Å². The van der Waals surface area contributed by atoms with Crippen LogP contribution in [0.2, 0.25) is 0 Å². The van der Waals surface area contributed by atoms with Gasteiger partial charge in [-0.2, -0.15) is 0 Å². The molecule has 110 valence electrons. The zero-order chi connectivity index (χ0) is 14.6. The second-order valence-electron chi connectivity index (χ2n) is 6.05. The first kappa shape index (κ1) is 15.1. The van der Waals surface area contributed by atoms with Crippen molar-refractivity contribution >= 4 is 11.3 Å². The van der Waals surface area contributed by atoms with Crippen LogP contribution in [0.4, 0.5) is 0 Å². The fraction of sp³-hybridized carbons (Fsp3) is 0.643. The lowest BCUT2D eigenvalue weighted by molar-refractivity contribution is 0.577. The van der Waals surface area contributed by atoms with Gasteiger partial charge in [0.25, 0.3) is 0 Å². The average molecular weight is 293 g/mol. The molecule has 0 aromatic carbocycles. The quantitative estimate of drug-likeness (QED) is 0.830. The second kappa shape index (κ2) is 6.45. The third-order valence-corrected chi connectivity index (χ3v) is 4.31. The number of unbranched alkanes of at least 4 members (excludes halogenated alkanes) is 1. The van der Waals surface area contributed by atoms with Crippen LogP contribution < -0.4 is 5.73 Å². The summed E-state index contributed by atoms with van der Waals surface area (Å²) in [5.74, 6) is 0. The van der Waals surface area contributed by atoms with Crippen LogP contribution in [0.5, 0.6) is 0 Å². The van der Waals surface area contributed by atoms with E-state index < -0.39 is 0 Å². The molecule has 0 aliphatic heterocycles. The van der Waals surface area contributed by atoms with E-state index in [1.807, 2.05) is 10.9 Å². The van der Waals surface area contributed by atoms with Crippen LogP contribution in [0.25, 0.3) is 0 Å². The van der Waals surface area contributed by atoms with Gasteiger partial charge in [0.2, 0.25) is 0 Å². The van der Waals surface area contributed by atoms with Gasteiger partial charge in [-0.3, -0.25) is 0 Å². The summed E-state index contributed by atoms with van der Waals surface area (Å²) in [6.07, 6.45) is 5.06. The van der Waals surface area contributed by atoms with Gasteiger partial charge in [-0.15, -0.1) is 16.4 Å². The van der Waals surface area contributed by atoms with E-state index in [0.29, 0.717) is 6.54 Å². The Hall–Kier alpha value is -1.27. The van der Waals surface area contributed by atoms with Gasteiger partial charge in [0.15, 0.2) is 0 Å². The van der Waals surface area contributed by atoms with E-state index in [1.165, 1.54) is 0 Å². The Morgan fingerprint density at radius 2 is 2.05 bits per heavy atom. The highest BCUT2D eigenvalue weighted by Crippen LogP contribution is 2.25. The number of thiazole rings is 1. The lowest BCUT2D eigenvalue weighted by Crippen LogP contribution is -2.11. The third-order valence-electron chi connectivity index (χ3n) is 2.99. The van der Waals surface area contributed by atoms with Crippen molar-refractivity contribution in [2.24, 2.45) is 5.73 Å². The Morgan fingerprint density at radius 3 is 2.70 bits per heavy atom. The number of aryl methyl sites for hydroxylation is 1. The highest BCUT2D eigenvalue weighted by atomic mass is 32.1. The minimum Gasteiger partial charge on any atom is -0.330 e. The van der Waals surface area contributed by atoms with Gasteiger partial charge in [0.05, 0.1) is 22.9 Å². The van der Waals surface area contributed by atoms with Crippen molar-refractivity contribution in [3.8, 4) is 0 Å². The molecule has 0 radical (unpaired) electrons. The van der Waals surface area contributed by atoms with E-state index in [4.69, 9.17) is 5.73 Å². The van der Waals surface area contributed by atoms with E-state index in [1.54, 1.807) is 11.3 Å². The lowest BCUT2D eigenvalue weighted by Gasteiger charge is -2.13. The zero-order valence-corrected chi connectivity index (χ0v) is 13.3. The molecule has 0 saturated carbocycles. The lowest BCUT2D eigenvalue weighted by atomic mass is 9.98. The molecule has 0 spiro atoms. The van der Waals surface area contributed by atoms with Gasteiger partial charge in [-0.25, -0.2) is 9.67 Å². The van der Waals surface area contributed by atoms with E-state index >= 15 is 0 Å². The minimum absolute atomic E-state index is 0.110. The second-order valence-corrected chi connectivity index (χ2v) is 6.91. The van der Waals surface area contributed by atoms with Crippen LogP contribution in [0.1, 0.15) is 50.0 Å². The van der Waals surface area contributed by atoms with Gasteiger partial charge in [-0.1, -0.05) is 26.0 Å². The number of hydrogen-bond acceptors (Lipinski definition) is 5. The topological polar surface area (TPSA) is 69.6 Å². The molecule has 2 rings (SSSR count). The van der Waals surface area contributed by atoms with Crippen molar-refractivity contribution < 1.29 is 0 Å². The summed E-state index contributed by atoms with van der Waals surface area (Å²) < 4.78 is 1.86. The molecule has 0 aliphatic carbocycles. The van der Waals surface area contributed by atoms with Gasteiger partial charge in [-0.05, 0) is 25.8 Å². The molecular weight excluding hydrogens is 270 g/mol. The van der Waals surface area contributed by atoms with Gasteiger partial charge < -0.3 is 5.73 Å². The highest BCUT2D eigenvalue weighted by Gasteiger charge is 2.18. The van der Waals surface area contributed by atoms with Gasteiger partial charge in [0.1, 0.15) is 0 Å². The van der Waals surface area contributed by atoms with Crippen molar-refractivity contribution in [3.05, 3.63) is 28.0 Å². The Balaban J connectivity index is 1.95. The van der Waals surface area contributed by atoms with Crippen LogP contribution >= 0.6 is 11.3 Å². The molecular formula is C14H23N5S. The standard InChI is InChI=1S/C14H23N5S/c1-14(2,3)13-16-12(10-20-13)9-19-8-11(17-18-19)6-4-5-7-15/h8,10H,4-7,9,15H2,1-3H3. The first-order valence-corrected chi connectivity index (χ1v) is 7.91. The molecule has 2 aromatic rings. The number of nitrogens with two attached hydrogens (primary N) is 1. The van der Waals surface area contributed by atoms with Crippen LogP contribution in [0, 0.1) is 0 Å². The molecule has 0 aliphatic rings. The molecule has 20 heavy (non-hydrogen) atoms. The fourth-order valence-electron chi connectivity index (χ4n) is 1.87. The van der Waals surface area contributed by atoms with Crippen molar-refractivity contribution in [1.82, 2.24) is 20.0 Å². The molecule has 0 fully saturated rings. The zero-order valence-electron chi connectivity index (χ0n) is 12.5. The maximum atomic E-state index is 5.49. The number of hydrogen-bond donors (Lipinski definition) is 1. The van der Waals surface area contributed by atoms with Crippen LogP contribution in [0.15, 0.2) is 11.6 Å². The van der Waals surface area contributed by atoms with E-state index in [-0.39, 0.29) is 5.41 Å². The maximum absolute atomic E-state index is 5.49. The smallest absolute Gasteiger partial charge is 0.0982 e. The maximum Gasteiger partial charge on any atom is 0.0982 e. The minimum atomic E-state index is 0.110. The monoisotopic (exact) mass is 293 g/mol. The SMILES string of the molecule is CC(C)(C)c1nc(Cn2cc(CCCCN)nn2)cs1. The Labute approximate surface area is 124 Å². The molecule has 2 aromatic heterocycles. The number of rotatable bonds is 6. The summed E-state index contributed by atoms with van der Waals surface area (Å²) in [5.41, 5.74) is 7.69. The summed E-state index contributed by atoms with van der Waals surface area (Å²) in [6, 6.07) is 0. The van der Waals surface area contributed by atoms with Gasteiger partial charge in [0, 0.05) is 17.0 Å². The highest BCUT2D eigenvalue weighted by molar-refractivity contribution is 7.09. The Kier molecular flexibility index (Phi) is 4.88. The summed E-state index contributed by atoms with van der Waals surface area (Å²) in [4.78, 5) is 4.67. The van der Waals surface area contributed by atoms with Crippen molar-refractivity contribution in [1.29, 1.82) is 0 Å². The molecule has 0 bridgehead atoms. The number of aromatic nitrogens is 4. The van der Waals surface area contributed by atoms with E-state index in [9.17, 15) is 0 Å². The predicted octanol–water partition coefficient (Wildman–Crippen LogP) is 2.36. The van der Waals surface area contributed by atoms with Crippen molar-refractivity contribution in [2.75, 3.05) is 6.54 Å². The molecule has 0 unspecified atom stereocenters. The number of nitrogens with zero attached hydrogens (tertiary/aromatic N) is 4. The molecule has 0 atom stereocenters. The fourth-order valence-corrected chi connectivity index (χ4v) is 2.77. The van der Waals surface area contributed by atoms with Crippen LogP contribution in [-0.2, 0) is 18.4 Å². The summed E-state index contributed by atoms with van der Waals surface area (Å²) in [5, 5.41) is 11.6.